The summed E-state index contributed by atoms with van der Waals surface area (Å²) in [6.07, 6.45) is 6.69. The van der Waals surface area contributed by atoms with E-state index in [1.54, 1.807) is 25.3 Å². The Morgan fingerprint density at radius 2 is 2.10 bits per heavy atom. The van der Waals surface area contributed by atoms with Gasteiger partial charge in [0.15, 0.2) is 0 Å². The molecule has 116 valence electrons. The van der Waals surface area contributed by atoms with Crippen LogP contribution in [0.5, 0.6) is 5.75 Å². The van der Waals surface area contributed by atoms with Gasteiger partial charge in [-0.1, -0.05) is 19.3 Å². The van der Waals surface area contributed by atoms with E-state index in [4.69, 9.17) is 15.2 Å². The lowest BCUT2D eigenvalue weighted by molar-refractivity contribution is -0.117. The highest BCUT2D eigenvalue weighted by atomic mass is 16.5. The Morgan fingerprint density at radius 1 is 1.33 bits per heavy atom. The van der Waals surface area contributed by atoms with Crippen LogP contribution in [0.2, 0.25) is 0 Å². The highest BCUT2D eigenvalue weighted by Crippen LogP contribution is 2.24. The van der Waals surface area contributed by atoms with E-state index in [1.807, 2.05) is 0 Å². The molecule has 0 saturated heterocycles. The largest absolute Gasteiger partial charge is 0.497 e. The van der Waals surface area contributed by atoms with Crippen LogP contribution in [0.1, 0.15) is 38.5 Å². The van der Waals surface area contributed by atoms with Crippen molar-refractivity contribution < 1.29 is 14.3 Å². The molecule has 1 aliphatic carbocycles. The van der Waals surface area contributed by atoms with Crippen LogP contribution in [0, 0.1) is 0 Å². The third-order valence-corrected chi connectivity index (χ3v) is 3.77. The fraction of sp³-hybridized carbons (Fsp3) is 0.562. The molecule has 1 aliphatic rings. The molecule has 0 bridgehead atoms. The molecule has 1 fully saturated rings. The molecule has 21 heavy (non-hydrogen) atoms. The number of carbonyl (C=O) groups excluding carboxylic acids is 1. The van der Waals surface area contributed by atoms with Crippen LogP contribution >= 0.6 is 0 Å². The highest BCUT2D eigenvalue weighted by molar-refractivity contribution is 5.94. The van der Waals surface area contributed by atoms with Gasteiger partial charge in [0.1, 0.15) is 5.75 Å². The first-order valence-electron chi connectivity index (χ1n) is 7.54. The van der Waals surface area contributed by atoms with Crippen LogP contribution in [0.3, 0.4) is 0 Å². The molecule has 1 aromatic rings. The Balaban J connectivity index is 1.73. The maximum absolute atomic E-state index is 11.9. The number of hydrogen-bond acceptors (Lipinski definition) is 4. The van der Waals surface area contributed by atoms with Crippen LogP contribution in [0.4, 0.5) is 11.4 Å². The summed E-state index contributed by atoms with van der Waals surface area (Å²) >= 11 is 0. The van der Waals surface area contributed by atoms with E-state index in [-0.39, 0.29) is 5.91 Å². The summed E-state index contributed by atoms with van der Waals surface area (Å²) in [7, 11) is 1.58. The van der Waals surface area contributed by atoms with E-state index >= 15 is 0 Å². The summed E-state index contributed by atoms with van der Waals surface area (Å²) in [5, 5.41) is 2.80. The number of carbonyl (C=O) groups is 1. The standard InChI is InChI=1S/C16H24N2O3/c1-20-13-7-8-15(14(17)11-13)18-16(19)9-10-21-12-5-3-2-4-6-12/h7-8,11-12H,2-6,9-10,17H2,1H3,(H,18,19). The van der Waals surface area contributed by atoms with E-state index in [0.717, 1.165) is 12.8 Å². The minimum absolute atomic E-state index is 0.0809. The van der Waals surface area contributed by atoms with Crippen molar-refractivity contribution in [3.63, 3.8) is 0 Å². The van der Waals surface area contributed by atoms with Gasteiger partial charge in [-0.25, -0.2) is 0 Å². The first-order chi connectivity index (χ1) is 10.2. The van der Waals surface area contributed by atoms with Crippen LogP contribution in [-0.4, -0.2) is 25.7 Å². The number of methoxy groups -OCH3 is 1. The minimum atomic E-state index is -0.0809. The van der Waals surface area contributed by atoms with Gasteiger partial charge in [-0.05, 0) is 25.0 Å². The zero-order valence-corrected chi connectivity index (χ0v) is 12.6. The smallest absolute Gasteiger partial charge is 0.226 e. The van der Waals surface area contributed by atoms with Gasteiger partial charge in [0.05, 0.1) is 37.6 Å². The quantitative estimate of drug-likeness (QED) is 0.791. The Kier molecular flexibility index (Phi) is 5.87. The number of amides is 1. The molecule has 1 saturated carbocycles. The van der Waals surface area contributed by atoms with E-state index < -0.39 is 0 Å². The Labute approximate surface area is 125 Å². The summed E-state index contributed by atoms with van der Waals surface area (Å²) < 4.78 is 10.8. The number of rotatable bonds is 6. The Morgan fingerprint density at radius 3 is 2.76 bits per heavy atom. The molecule has 0 radical (unpaired) electrons. The molecular formula is C16H24N2O3. The third kappa shape index (κ3) is 4.93. The average Bonchev–Trinajstić information content (AvgIpc) is 2.50. The minimum Gasteiger partial charge on any atom is -0.497 e. The topological polar surface area (TPSA) is 73.6 Å². The van der Waals surface area contributed by atoms with E-state index in [9.17, 15) is 4.79 Å². The van der Waals surface area contributed by atoms with Crippen molar-refractivity contribution in [1.82, 2.24) is 0 Å². The summed E-state index contributed by atoms with van der Waals surface area (Å²) in [4.78, 5) is 11.9. The Hall–Kier alpha value is -1.75. The molecular weight excluding hydrogens is 268 g/mol. The van der Waals surface area contributed by atoms with Gasteiger partial charge in [0.2, 0.25) is 5.91 Å². The van der Waals surface area contributed by atoms with Crippen LogP contribution in [0.15, 0.2) is 18.2 Å². The molecule has 5 nitrogen and oxygen atoms in total. The molecule has 0 atom stereocenters. The van der Waals surface area contributed by atoms with Crippen molar-refractivity contribution in [3.8, 4) is 5.75 Å². The SMILES string of the molecule is COc1ccc(NC(=O)CCOC2CCCCC2)c(N)c1. The molecule has 0 aromatic heterocycles. The molecule has 3 N–H and O–H groups in total. The lowest BCUT2D eigenvalue weighted by Gasteiger charge is -2.21. The number of hydrogen-bond donors (Lipinski definition) is 2. The Bertz CT molecular complexity index is 471. The van der Waals surface area contributed by atoms with E-state index in [1.165, 1.54) is 19.3 Å². The predicted octanol–water partition coefficient (Wildman–Crippen LogP) is 2.96. The molecule has 1 amide bonds. The van der Waals surface area contributed by atoms with Crippen molar-refractivity contribution in [2.24, 2.45) is 0 Å². The zero-order valence-electron chi connectivity index (χ0n) is 12.6. The fourth-order valence-electron chi connectivity index (χ4n) is 2.54. The number of anilines is 2. The second-order valence-corrected chi connectivity index (χ2v) is 5.38. The average molecular weight is 292 g/mol. The molecule has 0 spiro atoms. The summed E-state index contributed by atoms with van der Waals surface area (Å²) in [5.41, 5.74) is 6.97. The van der Waals surface area contributed by atoms with Gasteiger partial charge in [-0.2, -0.15) is 0 Å². The van der Waals surface area contributed by atoms with E-state index in [2.05, 4.69) is 5.32 Å². The number of nitrogens with one attached hydrogen (secondary N) is 1. The van der Waals surface area contributed by atoms with E-state index in [0.29, 0.717) is 36.3 Å². The van der Waals surface area contributed by atoms with Gasteiger partial charge in [-0.15, -0.1) is 0 Å². The zero-order chi connectivity index (χ0) is 15.1. The second-order valence-electron chi connectivity index (χ2n) is 5.38. The highest BCUT2D eigenvalue weighted by Gasteiger charge is 2.14. The first kappa shape index (κ1) is 15.6. The van der Waals surface area contributed by atoms with Gasteiger partial charge in [0.25, 0.3) is 0 Å². The van der Waals surface area contributed by atoms with Gasteiger partial charge < -0.3 is 20.5 Å². The maximum Gasteiger partial charge on any atom is 0.226 e. The molecule has 0 unspecified atom stereocenters. The van der Waals surface area contributed by atoms with Crippen molar-refractivity contribution in [3.05, 3.63) is 18.2 Å². The monoisotopic (exact) mass is 292 g/mol. The number of nitrogen functional groups attached to an aromatic ring is 1. The summed E-state index contributed by atoms with van der Waals surface area (Å²) in [6.45, 7) is 0.465. The van der Waals surface area contributed by atoms with Gasteiger partial charge >= 0.3 is 0 Å². The molecule has 2 rings (SSSR count). The predicted molar refractivity (Wildman–Crippen MR) is 83.5 cm³/mol. The van der Waals surface area contributed by atoms with Crippen LogP contribution in [0.25, 0.3) is 0 Å². The van der Waals surface area contributed by atoms with Crippen LogP contribution < -0.4 is 15.8 Å². The van der Waals surface area contributed by atoms with Crippen molar-refractivity contribution in [1.29, 1.82) is 0 Å². The summed E-state index contributed by atoms with van der Waals surface area (Å²) in [6, 6.07) is 5.20. The van der Waals surface area contributed by atoms with Gasteiger partial charge in [0, 0.05) is 6.07 Å². The lowest BCUT2D eigenvalue weighted by atomic mass is 9.98. The molecule has 5 heteroatoms. The summed E-state index contributed by atoms with van der Waals surface area (Å²) in [5.74, 6) is 0.591. The second kappa shape index (κ2) is 7.88. The lowest BCUT2D eigenvalue weighted by Crippen LogP contribution is -2.20. The molecule has 0 aliphatic heterocycles. The normalized spacial score (nSPS) is 15.7. The van der Waals surface area contributed by atoms with Crippen molar-refractivity contribution in [2.75, 3.05) is 24.8 Å². The molecule has 0 heterocycles. The van der Waals surface area contributed by atoms with Crippen molar-refractivity contribution >= 4 is 17.3 Å². The van der Waals surface area contributed by atoms with Gasteiger partial charge in [-0.3, -0.25) is 4.79 Å². The van der Waals surface area contributed by atoms with Crippen LogP contribution in [-0.2, 0) is 9.53 Å². The molecule has 1 aromatic carbocycles. The fourth-order valence-corrected chi connectivity index (χ4v) is 2.54. The van der Waals surface area contributed by atoms with Crippen molar-refractivity contribution in [2.45, 2.75) is 44.6 Å². The number of benzene rings is 1. The maximum atomic E-state index is 11.9. The number of nitrogens with two attached hydrogens (primary N) is 1. The first-order valence-corrected chi connectivity index (χ1v) is 7.54. The third-order valence-electron chi connectivity index (χ3n) is 3.77. The number of ether oxygens (including phenoxy) is 2.